The van der Waals surface area contributed by atoms with Gasteiger partial charge in [-0.1, -0.05) is 32.1 Å². The summed E-state index contributed by atoms with van der Waals surface area (Å²) in [7, 11) is 0. The van der Waals surface area contributed by atoms with E-state index in [1.165, 1.54) is 22.7 Å². The van der Waals surface area contributed by atoms with E-state index in [1.807, 2.05) is 5.38 Å². The fourth-order valence-electron chi connectivity index (χ4n) is 1.56. The smallest absolute Gasteiger partial charge is 0.271 e. The zero-order chi connectivity index (χ0) is 15.4. The van der Waals surface area contributed by atoms with E-state index in [0.29, 0.717) is 21.1 Å². The van der Waals surface area contributed by atoms with Crippen LogP contribution in [0.1, 0.15) is 48.5 Å². The van der Waals surface area contributed by atoms with Crippen LogP contribution >= 0.6 is 22.7 Å². The quantitative estimate of drug-likeness (QED) is 0.757. The zero-order valence-corrected chi connectivity index (χ0v) is 13.9. The maximum absolute atomic E-state index is 12.2. The van der Waals surface area contributed by atoms with Gasteiger partial charge in [0.2, 0.25) is 0 Å². The molecule has 2 aromatic rings. The highest BCUT2D eigenvalue weighted by Crippen LogP contribution is 2.27. The van der Waals surface area contributed by atoms with Crippen LogP contribution in [0.4, 0.5) is 16.1 Å². The van der Waals surface area contributed by atoms with Gasteiger partial charge >= 0.3 is 0 Å². The number of amides is 1. The molecule has 0 radical (unpaired) electrons. The van der Waals surface area contributed by atoms with E-state index >= 15 is 0 Å². The summed E-state index contributed by atoms with van der Waals surface area (Å²) >= 11 is 2.67. The van der Waals surface area contributed by atoms with Gasteiger partial charge in [-0.25, -0.2) is 9.97 Å². The molecule has 0 aromatic carbocycles. The predicted molar refractivity (Wildman–Crippen MR) is 89.5 cm³/mol. The summed E-state index contributed by atoms with van der Waals surface area (Å²) in [6, 6.07) is 0. The molecule has 1 amide bonds. The molecule has 0 saturated carbocycles. The van der Waals surface area contributed by atoms with Crippen molar-refractivity contribution >= 4 is 44.7 Å². The van der Waals surface area contributed by atoms with Crippen LogP contribution in [-0.2, 0) is 0 Å². The van der Waals surface area contributed by atoms with Gasteiger partial charge in [0, 0.05) is 11.9 Å². The molecule has 21 heavy (non-hydrogen) atoms. The number of nitrogens with two attached hydrogens (primary N) is 1. The van der Waals surface area contributed by atoms with Crippen LogP contribution < -0.4 is 16.4 Å². The molecule has 0 saturated heterocycles. The highest BCUT2D eigenvalue weighted by molar-refractivity contribution is 7.18. The molecule has 2 rings (SSSR count). The summed E-state index contributed by atoms with van der Waals surface area (Å²) in [5.74, 6) is 0.321. The molecule has 8 heteroatoms. The van der Waals surface area contributed by atoms with Crippen LogP contribution in [0.25, 0.3) is 0 Å². The van der Waals surface area contributed by atoms with Crippen molar-refractivity contribution in [1.29, 1.82) is 0 Å². The van der Waals surface area contributed by atoms with Gasteiger partial charge in [-0.3, -0.25) is 10.1 Å². The molecular weight excluding hydrogens is 306 g/mol. The Hall–Kier alpha value is -1.67. The Kier molecular flexibility index (Phi) is 5.13. The first kappa shape index (κ1) is 15.7. The molecule has 0 atom stereocenters. The highest BCUT2D eigenvalue weighted by Gasteiger charge is 2.17. The maximum atomic E-state index is 12.2. The number of anilines is 3. The van der Waals surface area contributed by atoms with Gasteiger partial charge in [0.05, 0.1) is 5.69 Å². The third kappa shape index (κ3) is 3.92. The Bertz CT molecular complexity index is 620. The van der Waals surface area contributed by atoms with Crippen molar-refractivity contribution < 1.29 is 4.79 Å². The fourth-order valence-corrected chi connectivity index (χ4v) is 3.24. The van der Waals surface area contributed by atoms with Crippen molar-refractivity contribution in [2.75, 3.05) is 22.9 Å². The number of nitrogens with zero attached hydrogens (tertiary/aromatic N) is 2. The lowest BCUT2D eigenvalue weighted by Gasteiger charge is -2.00. The molecule has 4 N–H and O–H groups in total. The fraction of sp³-hybridized carbons (Fsp3) is 0.462. The molecule has 0 aliphatic carbocycles. The molecule has 0 aliphatic heterocycles. The summed E-state index contributed by atoms with van der Waals surface area (Å²) in [6.07, 6.45) is 0.984. The lowest BCUT2D eigenvalue weighted by Crippen LogP contribution is -2.12. The van der Waals surface area contributed by atoms with E-state index < -0.39 is 0 Å². The molecule has 0 bridgehead atoms. The molecule has 0 fully saturated rings. The third-order valence-electron chi connectivity index (χ3n) is 2.72. The van der Waals surface area contributed by atoms with Gasteiger partial charge in [-0.2, -0.15) is 0 Å². The van der Waals surface area contributed by atoms with Crippen LogP contribution in [0.15, 0.2) is 5.38 Å². The molecule has 0 spiro atoms. The topological polar surface area (TPSA) is 92.9 Å². The SMILES string of the molecule is CCCNc1nc(N)c(C(=O)Nc2nc(C(C)C)cs2)s1. The average molecular weight is 325 g/mol. The minimum atomic E-state index is -0.265. The number of hydrogen-bond acceptors (Lipinski definition) is 7. The molecule has 2 heterocycles. The molecule has 6 nitrogen and oxygen atoms in total. The average Bonchev–Trinajstić information content (AvgIpc) is 3.03. The lowest BCUT2D eigenvalue weighted by molar-refractivity contribution is 0.103. The summed E-state index contributed by atoms with van der Waals surface area (Å²) in [5, 5.41) is 9.10. The lowest BCUT2D eigenvalue weighted by atomic mass is 10.2. The van der Waals surface area contributed by atoms with Crippen molar-refractivity contribution in [2.45, 2.75) is 33.1 Å². The van der Waals surface area contributed by atoms with Crippen LogP contribution in [0, 0.1) is 0 Å². The minimum absolute atomic E-state index is 0.247. The first-order chi connectivity index (χ1) is 10.0. The maximum Gasteiger partial charge on any atom is 0.271 e. The molecule has 0 aliphatic rings. The number of carbonyl (C=O) groups excluding carboxylic acids is 1. The van der Waals surface area contributed by atoms with E-state index in [0.717, 1.165) is 18.7 Å². The normalized spacial score (nSPS) is 10.9. The van der Waals surface area contributed by atoms with Crippen molar-refractivity contribution in [3.05, 3.63) is 16.0 Å². The Labute approximate surface area is 131 Å². The number of aromatic nitrogens is 2. The predicted octanol–water partition coefficient (Wildman–Crippen LogP) is 3.38. The summed E-state index contributed by atoms with van der Waals surface area (Å²) in [6.45, 7) is 6.99. The second kappa shape index (κ2) is 6.86. The first-order valence-corrected chi connectivity index (χ1v) is 8.47. The number of hydrogen-bond donors (Lipinski definition) is 3. The van der Waals surface area contributed by atoms with Crippen molar-refractivity contribution in [1.82, 2.24) is 9.97 Å². The van der Waals surface area contributed by atoms with Crippen LogP contribution in [-0.4, -0.2) is 22.4 Å². The van der Waals surface area contributed by atoms with E-state index in [-0.39, 0.29) is 11.7 Å². The summed E-state index contributed by atoms with van der Waals surface area (Å²) in [4.78, 5) is 21.2. The second-order valence-electron chi connectivity index (χ2n) is 4.85. The van der Waals surface area contributed by atoms with Gasteiger partial charge in [0.25, 0.3) is 5.91 Å². The monoisotopic (exact) mass is 325 g/mol. The Morgan fingerprint density at radius 2 is 2.14 bits per heavy atom. The first-order valence-electron chi connectivity index (χ1n) is 6.78. The van der Waals surface area contributed by atoms with Crippen LogP contribution in [0.3, 0.4) is 0 Å². The summed E-state index contributed by atoms with van der Waals surface area (Å²) < 4.78 is 0. The molecule has 0 unspecified atom stereocenters. The minimum Gasteiger partial charge on any atom is -0.382 e. The summed E-state index contributed by atoms with van der Waals surface area (Å²) in [5.41, 5.74) is 6.77. The molecular formula is C13H19N5OS2. The molecule has 114 valence electrons. The highest BCUT2D eigenvalue weighted by atomic mass is 32.1. The van der Waals surface area contributed by atoms with Gasteiger partial charge in [-0.05, 0) is 12.3 Å². The third-order valence-corrected chi connectivity index (χ3v) is 4.52. The van der Waals surface area contributed by atoms with Gasteiger partial charge < -0.3 is 11.1 Å². The van der Waals surface area contributed by atoms with E-state index in [9.17, 15) is 4.79 Å². The van der Waals surface area contributed by atoms with E-state index in [1.54, 1.807) is 0 Å². The molecule has 2 aromatic heterocycles. The Morgan fingerprint density at radius 3 is 2.76 bits per heavy atom. The van der Waals surface area contributed by atoms with Gasteiger partial charge in [0.15, 0.2) is 10.3 Å². The largest absolute Gasteiger partial charge is 0.382 e. The van der Waals surface area contributed by atoms with Gasteiger partial charge in [-0.15, -0.1) is 11.3 Å². The van der Waals surface area contributed by atoms with Gasteiger partial charge in [0.1, 0.15) is 10.7 Å². The number of carbonyl (C=O) groups is 1. The van der Waals surface area contributed by atoms with Crippen LogP contribution in [0.5, 0.6) is 0 Å². The number of rotatable bonds is 6. The van der Waals surface area contributed by atoms with Crippen molar-refractivity contribution in [3.63, 3.8) is 0 Å². The Morgan fingerprint density at radius 1 is 1.38 bits per heavy atom. The number of nitrogens with one attached hydrogen (secondary N) is 2. The second-order valence-corrected chi connectivity index (χ2v) is 6.70. The van der Waals surface area contributed by atoms with Crippen LogP contribution in [0.2, 0.25) is 0 Å². The number of thiazole rings is 2. The Balaban J connectivity index is 2.07. The van der Waals surface area contributed by atoms with E-state index in [4.69, 9.17) is 5.73 Å². The number of nitrogen functional groups attached to an aromatic ring is 1. The van der Waals surface area contributed by atoms with E-state index in [2.05, 4.69) is 41.4 Å². The van der Waals surface area contributed by atoms with Crippen molar-refractivity contribution in [2.24, 2.45) is 0 Å². The standard InChI is InChI=1S/C13H19N5OS2/c1-4-5-15-12-17-10(14)9(21-12)11(19)18-13-16-8(6-20-13)7(2)3/h6-7H,4-5,14H2,1-3H3,(H,15,17)(H,16,18,19). The zero-order valence-electron chi connectivity index (χ0n) is 12.3. The van der Waals surface area contributed by atoms with Crippen molar-refractivity contribution in [3.8, 4) is 0 Å².